The molecule has 10 N–H and O–H groups in total. The molecule has 0 radical (unpaired) electrons. The lowest BCUT2D eigenvalue weighted by atomic mass is 9.99. The average Bonchev–Trinajstić information content (AvgIpc) is 2.66. The summed E-state index contributed by atoms with van der Waals surface area (Å²) < 4.78 is 0. The summed E-state index contributed by atoms with van der Waals surface area (Å²) in [5.74, 6) is -5.51. The third-order valence-corrected chi connectivity index (χ3v) is 4.64. The molecule has 188 valence electrons. The van der Waals surface area contributed by atoms with E-state index in [1.165, 1.54) is 0 Å². The van der Waals surface area contributed by atoms with Gasteiger partial charge in [0.2, 0.25) is 29.5 Å². The van der Waals surface area contributed by atoms with Crippen molar-refractivity contribution in [3.8, 4) is 0 Å². The van der Waals surface area contributed by atoms with E-state index in [4.69, 9.17) is 17.2 Å². The molecule has 0 bridgehead atoms. The van der Waals surface area contributed by atoms with Gasteiger partial charge < -0.3 is 38.3 Å². The second-order valence-corrected chi connectivity index (χ2v) is 8.60. The van der Waals surface area contributed by atoms with Gasteiger partial charge in [-0.05, 0) is 24.7 Å². The van der Waals surface area contributed by atoms with Crippen molar-refractivity contribution in [3.05, 3.63) is 0 Å². The van der Waals surface area contributed by atoms with E-state index < -0.39 is 72.0 Å². The van der Waals surface area contributed by atoms with Gasteiger partial charge in [0.05, 0.1) is 12.5 Å². The molecule has 0 saturated carbocycles. The van der Waals surface area contributed by atoms with Crippen LogP contribution in [0.2, 0.25) is 0 Å². The zero-order valence-corrected chi connectivity index (χ0v) is 19.4. The van der Waals surface area contributed by atoms with Crippen molar-refractivity contribution in [3.63, 3.8) is 0 Å². The van der Waals surface area contributed by atoms with Gasteiger partial charge in [0.25, 0.3) is 0 Å². The summed E-state index contributed by atoms with van der Waals surface area (Å²) in [4.78, 5) is 71.2. The molecule has 0 aliphatic carbocycles. The van der Waals surface area contributed by atoms with Gasteiger partial charge in [0, 0.05) is 6.42 Å². The molecule has 13 nitrogen and oxygen atoms in total. The van der Waals surface area contributed by atoms with Crippen LogP contribution in [0.5, 0.6) is 0 Å². The van der Waals surface area contributed by atoms with E-state index in [0.717, 1.165) is 0 Å². The highest BCUT2D eigenvalue weighted by molar-refractivity contribution is 5.95. The highest BCUT2D eigenvalue weighted by Crippen LogP contribution is 2.09. The van der Waals surface area contributed by atoms with Crippen molar-refractivity contribution in [1.29, 1.82) is 0 Å². The average molecular weight is 473 g/mol. The lowest BCUT2D eigenvalue weighted by Gasteiger charge is -2.27. The normalized spacial score (nSPS) is 14.6. The van der Waals surface area contributed by atoms with Gasteiger partial charge in [-0.1, -0.05) is 27.7 Å². The number of hydrogen-bond acceptors (Lipinski definition) is 7. The Morgan fingerprint density at radius 1 is 0.788 bits per heavy atom. The van der Waals surface area contributed by atoms with Gasteiger partial charge in [0.1, 0.15) is 18.1 Å². The predicted molar refractivity (Wildman–Crippen MR) is 118 cm³/mol. The minimum atomic E-state index is -1.37. The van der Waals surface area contributed by atoms with Gasteiger partial charge >= 0.3 is 5.97 Å². The Kier molecular flexibility index (Phi) is 12.7. The van der Waals surface area contributed by atoms with Gasteiger partial charge in [-0.15, -0.1) is 0 Å². The molecule has 0 rings (SSSR count). The number of nitrogens with two attached hydrogens (primary N) is 3. The third-order valence-electron chi connectivity index (χ3n) is 4.64. The largest absolute Gasteiger partial charge is 0.480 e. The summed E-state index contributed by atoms with van der Waals surface area (Å²) in [7, 11) is 0. The van der Waals surface area contributed by atoms with E-state index >= 15 is 0 Å². The Bertz CT molecular complexity index is 740. The molecule has 0 aromatic rings. The molecule has 0 spiro atoms. The van der Waals surface area contributed by atoms with Crippen LogP contribution in [0.15, 0.2) is 0 Å². The van der Waals surface area contributed by atoms with Crippen molar-refractivity contribution in [2.24, 2.45) is 29.0 Å². The van der Waals surface area contributed by atoms with Crippen LogP contribution in [-0.4, -0.2) is 64.8 Å². The third kappa shape index (κ3) is 11.8. The zero-order valence-electron chi connectivity index (χ0n) is 19.4. The van der Waals surface area contributed by atoms with Crippen molar-refractivity contribution >= 4 is 35.5 Å². The fourth-order valence-corrected chi connectivity index (χ4v) is 2.89. The second kappa shape index (κ2) is 14.0. The maximum atomic E-state index is 12.9. The topological polar surface area (TPSA) is 237 Å². The minimum absolute atomic E-state index is 0.0232. The first kappa shape index (κ1) is 29.8. The number of carboxylic acid groups (broad SMARTS) is 1. The first-order valence-corrected chi connectivity index (χ1v) is 10.6. The molecular weight excluding hydrogens is 436 g/mol. The fraction of sp³-hybridized carbons (Fsp3) is 0.700. The Balaban J connectivity index is 5.43. The number of carbonyl (C=O) groups is 6. The molecule has 0 aliphatic rings. The first-order valence-electron chi connectivity index (χ1n) is 10.6. The maximum Gasteiger partial charge on any atom is 0.326 e. The number of amides is 5. The van der Waals surface area contributed by atoms with E-state index in [1.807, 2.05) is 13.8 Å². The summed E-state index contributed by atoms with van der Waals surface area (Å²) in [6, 6.07) is -4.80. The summed E-state index contributed by atoms with van der Waals surface area (Å²) in [6.07, 6.45) is -0.645. The molecule has 0 aromatic heterocycles. The maximum absolute atomic E-state index is 12.9. The molecule has 4 atom stereocenters. The Morgan fingerprint density at radius 3 is 1.76 bits per heavy atom. The summed E-state index contributed by atoms with van der Waals surface area (Å²) in [5, 5.41) is 16.6. The van der Waals surface area contributed by atoms with Crippen molar-refractivity contribution in [1.82, 2.24) is 16.0 Å². The van der Waals surface area contributed by atoms with Crippen molar-refractivity contribution in [2.75, 3.05) is 0 Å². The molecule has 0 heterocycles. The van der Waals surface area contributed by atoms with Gasteiger partial charge in [-0.2, -0.15) is 0 Å². The fourth-order valence-electron chi connectivity index (χ4n) is 2.89. The summed E-state index contributed by atoms with van der Waals surface area (Å²) >= 11 is 0. The van der Waals surface area contributed by atoms with Crippen molar-refractivity contribution < 1.29 is 33.9 Å². The highest BCUT2D eigenvalue weighted by atomic mass is 16.4. The van der Waals surface area contributed by atoms with Crippen LogP contribution >= 0.6 is 0 Å². The first-order chi connectivity index (χ1) is 15.1. The number of carbonyl (C=O) groups excluding carboxylic acids is 5. The van der Waals surface area contributed by atoms with E-state index in [0.29, 0.717) is 0 Å². The summed E-state index contributed by atoms with van der Waals surface area (Å²) in [6.45, 7) is 6.92. The Morgan fingerprint density at radius 2 is 1.33 bits per heavy atom. The SMILES string of the molecule is CC(C)CC(NC(=O)C(N)CC(N)=O)C(=O)NC(C(=O)NC(CCC(N)=O)C(=O)O)C(C)C. The van der Waals surface area contributed by atoms with E-state index in [1.54, 1.807) is 13.8 Å². The van der Waals surface area contributed by atoms with Crippen LogP contribution in [-0.2, 0) is 28.8 Å². The van der Waals surface area contributed by atoms with Gasteiger partial charge in [-0.3, -0.25) is 24.0 Å². The molecule has 0 aromatic carbocycles. The zero-order chi connectivity index (χ0) is 25.9. The summed E-state index contributed by atoms with van der Waals surface area (Å²) in [5.41, 5.74) is 15.7. The molecule has 13 heteroatoms. The monoisotopic (exact) mass is 472 g/mol. The number of aliphatic carboxylic acids is 1. The second-order valence-electron chi connectivity index (χ2n) is 8.60. The number of nitrogens with one attached hydrogen (secondary N) is 3. The molecule has 33 heavy (non-hydrogen) atoms. The van der Waals surface area contributed by atoms with Crippen LogP contribution in [0.1, 0.15) is 53.4 Å². The number of hydrogen-bond donors (Lipinski definition) is 7. The molecule has 0 fully saturated rings. The molecule has 5 amide bonds. The van der Waals surface area contributed by atoms with Gasteiger partial charge in [-0.25, -0.2) is 4.79 Å². The Labute approximate surface area is 192 Å². The molecule has 0 saturated heterocycles. The van der Waals surface area contributed by atoms with Crippen LogP contribution in [0.25, 0.3) is 0 Å². The number of primary amides is 2. The lowest BCUT2D eigenvalue weighted by molar-refractivity contribution is -0.143. The molecule has 0 aliphatic heterocycles. The van der Waals surface area contributed by atoms with Gasteiger partial charge in [0.15, 0.2) is 0 Å². The minimum Gasteiger partial charge on any atom is -0.480 e. The molecule has 4 unspecified atom stereocenters. The number of carboxylic acids is 1. The van der Waals surface area contributed by atoms with Crippen LogP contribution in [0.4, 0.5) is 0 Å². The Hall–Kier alpha value is -3.22. The lowest BCUT2D eigenvalue weighted by Crippen LogP contribution is -2.58. The molecular formula is C20H36N6O7. The smallest absolute Gasteiger partial charge is 0.326 e. The van der Waals surface area contributed by atoms with Crippen LogP contribution in [0, 0.1) is 11.8 Å². The van der Waals surface area contributed by atoms with E-state index in [-0.39, 0.29) is 25.2 Å². The van der Waals surface area contributed by atoms with Crippen LogP contribution < -0.4 is 33.2 Å². The highest BCUT2D eigenvalue weighted by Gasteiger charge is 2.32. The quantitative estimate of drug-likeness (QED) is 0.136. The number of rotatable bonds is 15. The van der Waals surface area contributed by atoms with E-state index in [9.17, 15) is 33.9 Å². The standard InChI is InChI=1S/C20H36N6O7/c1-9(2)7-13(25-17(29)11(21)8-15(23)28)18(30)26-16(10(3)4)19(31)24-12(20(32)33)5-6-14(22)27/h9-13,16H,5-8,21H2,1-4H3,(H2,22,27)(H2,23,28)(H,24,31)(H,25,29)(H,26,30)(H,32,33). The van der Waals surface area contributed by atoms with Crippen LogP contribution in [0.3, 0.4) is 0 Å². The van der Waals surface area contributed by atoms with E-state index in [2.05, 4.69) is 16.0 Å². The van der Waals surface area contributed by atoms with Crippen molar-refractivity contribution in [2.45, 2.75) is 77.5 Å². The predicted octanol–water partition coefficient (Wildman–Crippen LogP) is -2.30.